The average Bonchev–Trinajstić information content (AvgIpc) is 2.38. The van der Waals surface area contributed by atoms with Crippen molar-refractivity contribution in [3.05, 3.63) is 23.8 Å². The van der Waals surface area contributed by atoms with Gasteiger partial charge in [-0.15, -0.1) is 0 Å². The van der Waals surface area contributed by atoms with E-state index in [9.17, 15) is 4.79 Å². The lowest BCUT2D eigenvalue weighted by Gasteiger charge is -2.16. The van der Waals surface area contributed by atoms with Crippen LogP contribution < -0.4 is 15.8 Å². The van der Waals surface area contributed by atoms with Crippen LogP contribution in [0.3, 0.4) is 0 Å². The molecule has 106 valence electrons. The molecule has 1 aromatic rings. The van der Waals surface area contributed by atoms with E-state index in [1.165, 1.54) is 0 Å². The van der Waals surface area contributed by atoms with Crippen molar-refractivity contribution >= 4 is 11.6 Å². The smallest absolute Gasteiger partial charge is 0.255 e. The van der Waals surface area contributed by atoms with Crippen LogP contribution in [0, 0.1) is 0 Å². The highest BCUT2D eigenvalue weighted by Crippen LogP contribution is 2.26. The predicted molar refractivity (Wildman–Crippen MR) is 75.4 cm³/mol. The van der Waals surface area contributed by atoms with Crippen molar-refractivity contribution < 1.29 is 14.3 Å². The van der Waals surface area contributed by atoms with E-state index in [1.54, 1.807) is 25.3 Å². The number of hydrogen-bond donors (Lipinski definition) is 2. The van der Waals surface area contributed by atoms with Crippen LogP contribution in [0.5, 0.6) is 5.75 Å². The number of carbonyl (C=O) groups is 1. The second-order valence-electron chi connectivity index (χ2n) is 4.31. The molecule has 0 bridgehead atoms. The zero-order chi connectivity index (χ0) is 14.3. The molecule has 0 aliphatic rings. The summed E-state index contributed by atoms with van der Waals surface area (Å²) in [7, 11) is 1.64. The molecule has 5 heteroatoms. The van der Waals surface area contributed by atoms with E-state index in [4.69, 9.17) is 15.2 Å². The van der Waals surface area contributed by atoms with Crippen LogP contribution in [0.15, 0.2) is 18.2 Å². The zero-order valence-corrected chi connectivity index (χ0v) is 11.7. The predicted octanol–water partition coefficient (Wildman–Crippen LogP) is 1.82. The lowest BCUT2D eigenvalue weighted by atomic mass is 10.1. The van der Waals surface area contributed by atoms with E-state index in [-0.39, 0.29) is 11.9 Å². The largest absolute Gasteiger partial charge is 0.491 e. The van der Waals surface area contributed by atoms with Gasteiger partial charge in [0.25, 0.3) is 5.91 Å². The van der Waals surface area contributed by atoms with Gasteiger partial charge in [-0.05, 0) is 32.4 Å². The fourth-order valence-corrected chi connectivity index (χ4v) is 1.71. The number of carbonyl (C=O) groups excluding carboxylic acids is 1. The Labute approximate surface area is 114 Å². The second-order valence-corrected chi connectivity index (χ2v) is 4.31. The summed E-state index contributed by atoms with van der Waals surface area (Å²) in [5.74, 6) is 0.265. The monoisotopic (exact) mass is 266 g/mol. The fourth-order valence-electron chi connectivity index (χ4n) is 1.71. The van der Waals surface area contributed by atoms with Crippen molar-refractivity contribution in [1.82, 2.24) is 5.32 Å². The molecule has 0 fully saturated rings. The van der Waals surface area contributed by atoms with E-state index in [0.29, 0.717) is 30.2 Å². The molecule has 0 aliphatic carbocycles. The lowest BCUT2D eigenvalue weighted by molar-refractivity contribution is 0.0926. The first-order valence-electron chi connectivity index (χ1n) is 6.41. The third-order valence-corrected chi connectivity index (χ3v) is 2.71. The molecule has 19 heavy (non-hydrogen) atoms. The van der Waals surface area contributed by atoms with E-state index in [2.05, 4.69) is 5.32 Å². The number of anilines is 1. The molecular weight excluding hydrogens is 244 g/mol. The maximum Gasteiger partial charge on any atom is 0.255 e. The van der Waals surface area contributed by atoms with Crippen molar-refractivity contribution in [1.29, 1.82) is 0 Å². The van der Waals surface area contributed by atoms with Crippen molar-refractivity contribution in [2.45, 2.75) is 26.3 Å². The quantitative estimate of drug-likeness (QED) is 0.738. The normalized spacial score (nSPS) is 11.9. The molecule has 0 spiro atoms. The Hall–Kier alpha value is -1.75. The van der Waals surface area contributed by atoms with Gasteiger partial charge in [-0.3, -0.25) is 4.79 Å². The van der Waals surface area contributed by atoms with E-state index in [0.717, 1.165) is 6.42 Å². The van der Waals surface area contributed by atoms with Gasteiger partial charge < -0.3 is 20.5 Å². The molecular formula is C14H22N2O3. The van der Waals surface area contributed by atoms with Crippen LogP contribution in [-0.4, -0.2) is 32.3 Å². The summed E-state index contributed by atoms with van der Waals surface area (Å²) in [6.07, 6.45) is 0.758. The minimum atomic E-state index is -0.181. The second kappa shape index (κ2) is 7.63. The molecule has 0 saturated carbocycles. The SMILES string of the molecule is CCOc1c(N)cccc1C(=O)NC(C)CCOC. The molecule has 0 aliphatic heterocycles. The summed E-state index contributed by atoms with van der Waals surface area (Å²) in [5, 5.41) is 2.90. The minimum Gasteiger partial charge on any atom is -0.491 e. The lowest BCUT2D eigenvalue weighted by Crippen LogP contribution is -2.33. The van der Waals surface area contributed by atoms with Gasteiger partial charge in [-0.25, -0.2) is 0 Å². The molecule has 5 nitrogen and oxygen atoms in total. The van der Waals surface area contributed by atoms with Crippen LogP contribution in [0.4, 0.5) is 5.69 Å². The Morgan fingerprint density at radius 1 is 1.47 bits per heavy atom. The number of nitrogens with two attached hydrogens (primary N) is 1. The molecule has 1 aromatic carbocycles. The third kappa shape index (κ3) is 4.44. The molecule has 3 N–H and O–H groups in total. The van der Waals surface area contributed by atoms with Crippen LogP contribution in [0.1, 0.15) is 30.6 Å². The van der Waals surface area contributed by atoms with Crippen LogP contribution >= 0.6 is 0 Å². The minimum absolute atomic E-state index is 0.0309. The number of para-hydroxylation sites is 1. The Morgan fingerprint density at radius 3 is 2.84 bits per heavy atom. The van der Waals surface area contributed by atoms with Crippen molar-refractivity contribution in [2.24, 2.45) is 0 Å². The highest BCUT2D eigenvalue weighted by Gasteiger charge is 2.16. The van der Waals surface area contributed by atoms with Gasteiger partial charge >= 0.3 is 0 Å². The highest BCUT2D eigenvalue weighted by atomic mass is 16.5. The highest BCUT2D eigenvalue weighted by molar-refractivity contribution is 5.98. The Bertz CT molecular complexity index is 421. The summed E-state index contributed by atoms with van der Waals surface area (Å²) >= 11 is 0. The van der Waals surface area contributed by atoms with Gasteiger partial charge in [0, 0.05) is 19.8 Å². The molecule has 1 rings (SSSR count). The topological polar surface area (TPSA) is 73.6 Å². The molecule has 0 aromatic heterocycles. The van der Waals surface area contributed by atoms with Gasteiger partial charge in [0.1, 0.15) is 0 Å². The number of nitrogens with one attached hydrogen (secondary N) is 1. The average molecular weight is 266 g/mol. The van der Waals surface area contributed by atoms with Crippen molar-refractivity contribution in [3.63, 3.8) is 0 Å². The number of benzene rings is 1. The van der Waals surface area contributed by atoms with Gasteiger partial charge in [0.05, 0.1) is 17.9 Å². The summed E-state index contributed by atoms with van der Waals surface area (Å²) in [5.41, 5.74) is 6.77. The van der Waals surface area contributed by atoms with Crippen LogP contribution in [0.25, 0.3) is 0 Å². The summed E-state index contributed by atoms with van der Waals surface area (Å²) in [6.45, 7) is 4.86. The first-order valence-corrected chi connectivity index (χ1v) is 6.41. The molecule has 0 heterocycles. The van der Waals surface area contributed by atoms with Crippen LogP contribution in [0.2, 0.25) is 0 Å². The molecule has 0 radical (unpaired) electrons. The summed E-state index contributed by atoms with van der Waals surface area (Å²) < 4.78 is 10.4. The molecule has 1 atom stereocenters. The molecule has 1 amide bonds. The van der Waals surface area contributed by atoms with Gasteiger partial charge in [-0.1, -0.05) is 6.07 Å². The number of methoxy groups -OCH3 is 1. The van der Waals surface area contributed by atoms with Crippen LogP contribution in [-0.2, 0) is 4.74 Å². The number of hydrogen-bond acceptors (Lipinski definition) is 4. The maximum atomic E-state index is 12.2. The number of ether oxygens (including phenoxy) is 2. The van der Waals surface area contributed by atoms with Crippen molar-refractivity contribution in [3.8, 4) is 5.75 Å². The standard InChI is InChI=1S/C14H22N2O3/c1-4-19-13-11(6-5-7-12(13)15)14(17)16-10(2)8-9-18-3/h5-7,10H,4,8-9,15H2,1-3H3,(H,16,17). The Morgan fingerprint density at radius 2 is 2.21 bits per heavy atom. The summed E-state index contributed by atoms with van der Waals surface area (Å²) in [4.78, 5) is 12.2. The van der Waals surface area contributed by atoms with Gasteiger partial charge in [0.2, 0.25) is 0 Å². The zero-order valence-electron chi connectivity index (χ0n) is 11.7. The van der Waals surface area contributed by atoms with Gasteiger partial charge in [-0.2, -0.15) is 0 Å². The first kappa shape index (κ1) is 15.3. The Kier molecular flexibility index (Phi) is 6.15. The van der Waals surface area contributed by atoms with Crippen molar-refractivity contribution in [2.75, 3.05) is 26.1 Å². The Balaban J connectivity index is 2.78. The third-order valence-electron chi connectivity index (χ3n) is 2.71. The number of amides is 1. The van der Waals surface area contributed by atoms with Gasteiger partial charge in [0.15, 0.2) is 5.75 Å². The maximum absolute atomic E-state index is 12.2. The molecule has 1 unspecified atom stereocenters. The number of rotatable bonds is 7. The van der Waals surface area contributed by atoms with E-state index >= 15 is 0 Å². The number of nitrogen functional groups attached to an aromatic ring is 1. The van der Waals surface area contributed by atoms with E-state index in [1.807, 2.05) is 13.8 Å². The van der Waals surface area contributed by atoms with E-state index < -0.39 is 0 Å². The fraction of sp³-hybridized carbons (Fsp3) is 0.500. The first-order chi connectivity index (χ1) is 9.10. The molecule has 0 saturated heterocycles. The summed E-state index contributed by atoms with van der Waals surface area (Å²) in [6, 6.07) is 5.20.